The van der Waals surface area contributed by atoms with Gasteiger partial charge in [-0.05, 0) is 71.3 Å². The number of nitrogens with zero attached hydrogens (tertiary/aromatic N) is 10. The molecule has 1 saturated heterocycles. The molecule has 0 radical (unpaired) electrons. The molecule has 12 rings (SSSR count). The molecule has 0 aromatic carbocycles. The molecule has 26 heteroatoms. The van der Waals surface area contributed by atoms with E-state index in [4.69, 9.17) is 23.9 Å². The Labute approximate surface area is 401 Å². The smallest absolute Gasteiger partial charge is 0.408 e. The highest BCUT2D eigenvalue weighted by Gasteiger charge is 2.58. The normalized spacial score (nSPS) is 24.6. The van der Waals surface area contributed by atoms with E-state index in [9.17, 15) is 18.4 Å². The third kappa shape index (κ3) is 8.45. The number of fused-ring (bicyclic) bond motifs is 2. The number of rotatable bonds is 15. The van der Waals surface area contributed by atoms with E-state index >= 15 is 8.78 Å². The maximum atomic E-state index is 16.4. The van der Waals surface area contributed by atoms with Crippen molar-refractivity contribution in [1.82, 2.24) is 64.4 Å². The van der Waals surface area contributed by atoms with Gasteiger partial charge in [-0.25, -0.2) is 51.9 Å². The largest absolute Gasteiger partial charge is 0.470 e. The lowest BCUT2D eigenvalue weighted by atomic mass is 9.50. The fourth-order valence-corrected chi connectivity index (χ4v) is 10.2. The Morgan fingerprint density at radius 2 is 1.76 bits per heavy atom. The fraction of sp³-hybridized carbons (Fsp3) is 0.489. The van der Waals surface area contributed by atoms with Crippen molar-refractivity contribution < 1.29 is 50.8 Å². The van der Waals surface area contributed by atoms with Crippen LogP contribution in [0.4, 0.5) is 50.7 Å². The summed E-state index contributed by atoms with van der Waals surface area (Å²) in [4.78, 5) is 44.1. The highest BCUT2D eigenvalue weighted by atomic mass is 19.3. The van der Waals surface area contributed by atoms with Gasteiger partial charge in [-0.2, -0.15) is 20.2 Å². The van der Waals surface area contributed by atoms with Gasteiger partial charge in [0.2, 0.25) is 17.5 Å². The van der Waals surface area contributed by atoms with Crippen LogP contribution in [0.2, 0.25) is 0 Å². The molecule has 5 aliphatic rings. The van der Waals surface area contributed by atoms with Gasteiger partial charge >= 0.3 is 24.0 Å². The van der Waals surface area contributed by atoms with Crippen LogP contribution >= 0.6 is 0 Å². The molecule has 374 valence electrons. The van der Waals surface area contributed by atoms with Crippen LogP contribution in [0.15, 0.2) is 43.1 Å². The minimum Gasteiger partial charge on any atom is -0.470 e. The van der Waals surface area contributed by atoms with Gasteiger partial charge in [-0.15, -0.1) is 4.68 Å². The monoisotopic (exact) mass is 987 g/mol. The number of hydrogen-bond acceptors (Lipinski definition) is 14. The zero-order valence-electron chi connectivity index (χ0n) is 39.1. The summed E-state index contributed by atoms with van der Waals surface area (Å²) < 4.78 is 87.8. The molecule has 22 nitrogen and oxygen atoms in total. The number of alkyl halides is 4. The number of carbonyl (C=O) groups is 2. The van der Waals surface area contributed by atoms with Crippen LogP contribution in [0.3, 0.4) is 0 Å². The van der Waals surface area contributed by atoms with E-state index < -0.39 is 61.8 Å². The molecule has 0 spiro atoms. The van der Waals surface area contributed by atoms with Crippen molar-refractivity contribution in [2.24, 2.45) is 13.0 Å². The third-order valence-electron chi connectivity index (χ3n) is 13.6. The number of aryl methyl sites for hydroxylation is 3. The van der Waals surface area contributed by atoms with Crippen molar-refractivity contribution in [2.75, 3.05) is 23.8 Å². The maximum absolute atomic E-state index is 16.4. The summed E-state index contributed by atoms with van der Waals surface area (Å²) in [6, 6.07) is 3.00. The first-order valence-corrected chi connectivity index (χ1v) is 23.3. The predicted molar refractivity (Wildman–Crippen MR) is 243 cm³/mol. The van der Waals surface area contributed by atoms with E-state index in [1.807, 2.05) is 20.9 Å². The molecule has 8 heterocycles. The number of nitrogens with one attached hydrogen (secondary N) is 6. The van der Waals surface area contributed by atoms with Crippen LogP contribution in [0, 0.1) is 19.8 Å². The number of imidazole rings is 2. The Kier molecular flexibility index (Phi) is 11.5. The van der Waals surface area contributed by atoms with Gasteiger partial charge in [-0.3, -0.25) is 14.2 Å². The standard InChI is InChI=1S/C45H50F4N16O6/c1-20(2)53-43(66)70-28-7-6-24(35(28)48)25-11-32(56-42-54-22(4)34(40-50-8-9-63(40)42)37-21(3)15-52-62(37)5)65(61-25)27-16-51-41(64-17-33(57-39(27)64)68-19-30(46)47)55-31-10-26(59-60-31)38-36(49)29(18-69-38)71-44(67)58-45-12-23(13-45)14-45/h8-11,15-17,20,23-24,28-30,35-36,38H,6-7,12-14,18-19H2,1-5H3,(H5,50,51,52,53,54,55,56,57,58,59,60,61,66,67)/p+1/t23?,24-,28-,29-,35-,36+,38-,45?/m0/s1. The van der Waals surface area contributed by atoms with Crippen molar-refractivity contribution >= 4 is 47.0 Å². The number of aromatic nitrogens is 12. The number of aromatic amines is 2. The van der Waals surface area contributed by atoms with E-state index in [0.717, 1.165) is 36.1 Å². The summed E-state index contributed by atoms with van der Waals surface area (Å²) in [6.45, 7) is 6.23. The lowest BCUT2D eigenvalue weighted by molar-refractivity contribution is -0.640. The van der Waals surface area contributed by atoms with Crippen molar-refractivity contribution in [2.45, 2.75) is 114 Å². The molecule has 4 aliphatic carbocycles. The van der Waals surface area contributed by atoms with Crippen LogP contribution in [0.25, 0.3) is 28.2 Å². The molecule has 6 atom stereocenters. The number of hydrogen-bond donors (Lipinski definition) is 6. The van der Waals surface area contributed by atoms with Gasteiger partial charge in [0.15, 0.2) is 36.0 Å². The average molecular weight is 988 g/mol. The highest BCUT2D eigenvalue weighted by molar-refractivity contribution is 5.81. The Morgan fingerprint density at radius 3 is 2.49 bits per heavy atom. The van der Waals surface area contributed by atoms with Crippen molar-refractivity contribution in [3.8, 4) is 22.8 Å². The second-order valence-corrected chi connectivity index (χ2v) is 19.0. The summed E-state index contributed by atoms with van der Waals surface area (Å²) in [6.07, 6.45) is 0.437. The van der Waals surface area contributed by atoms with E-state index in [1.165, 1.54) is 22.9 Å². The van der Waals surface area contributed by atoms with Gasteiger partial charge in [0.1, 0.15) is 18.4 Å². The van der Waals surface area contributed by atoms with E-state index in [2.05, 4.69) is 56.6 Å². The van der Waals surface area contributed by atoms with Gasteiger partial charge < -0.3 is 34.9 Å². The predicted octanol–water partition coefficient (Wildman–Crippen LogP) is 6.02. The Bertz CT molecular complexity index is 3130. The first-order valence-electron chi connectivity index (χ1n) is 23.3. The lowest BCUT2D eigenvalue weighted by Gasteiger charge is -2.61. The molecule has 5 fully saturated rings. The zero-order chi connectivity index (χ0) is 49.5. The van der Waals surface area contributed by atoms with E-state index in [1.54, 1.807) is 52.3 Å². The molecule has 0 unspecified atom stereocenters. The van der Waals surface area contributed by atoms with Gasteiger partial charge in [-0.1, -0.05) is 0 Å². The zero-order valence-corrected chi connectivity index (χ0v) is 39.1. The molecule has 1 aliphatic heterocycles. The Balaban J connectivity index is 0.929. The number of amides is 2. The molecule has 2 amide bonds. The topological polar surface area (TPSA) is 246 Å². The molecule has 2 bridgehead atoms. The quantitative estimate of drug-likeness (QED) is 0.0508. The molecular weight excluding hydrogens is 937 g/mol. The SMILES string of the molecule is Cc1cnn(C)c1-c1c(C)nc(Nc2cc([C@@H]3CC[C@H](OC(=O)NC(C)C)[C@H]3F)[nH][n+]2-c2cnc(Nc3cc([C@@H]4OC[C@H](OC(=O)NC56CC(C5)C6)[C@H]4F)[nH]n3)n3cc(OCC(F)F)nc23)n2ccnc12. The van der Waals surface area contributed by atoms with Crippen molar-refractivity contribution in [3.05, 3.63) is 65.8 Å². The molecule has 4 saturated carbocycles. The number of H-pyrrole nitrogens is 2. The first-order chi connectivity index (χ1) is 34.1. The van der Waals surface area contributed by atoms with Gasteiger partial charge in [0.25, 0.3) is 6.43 Å². The summed E-state index contributed by atoms with van der Waals surface area (Å²) in [5.74, 6) is 0.633. The number of carbonyl (C=O) groups excluding carboxylic acids is 2. The Morgan fingerprint density at radius 1 is 0.958 bits per heavy atom. The average Bonchev–Trinajstić information content (AvgIpc) is 4.17. The van der Waals surface area contributed by atoms with Crippen LogP contribution in [-0.2, 0) is 21.3 Å². The molecular formula is C45H51F4N16O6+. The molecule has 7 aromatic heterocycles. The van der Waals surface area contributed by atoms with Crippen LogP contribution in [-0.4, -0.2) is 122 Å². The number of anilines is 4. The van der Waals surface area contributed by atoms with Gasteiger partial charge in [0.05, 0.1) is 59.6 Å². The summed E-state index contributed by atoms with van der Waals surface area (Å²) in [5, 5.41) is 26.8. The molecule has 6 N–H and O–H groups in total. The summed E-state index contributed by atoms with van der Waals surface area (Å²) >= 11 is 0. The summed E-state index contributed by atoms with van der Waals surface area (Å²) in [5.41, 5.74) is 4.57. The van der Waals surface area contributed by atoms with E-state index in [0.29, 0.717) is 41.1 Å². The van der Waals surface area contributed by atoms with Crippen LogP contribution in [0.1, 0.15) is 80.6 Å². The maximum Gasteiger partial charge on any atom is 0.408 e. The Hall–Kier alpha value is -7.51. The molecule has 71 heavy (non-hydrogen) atoms. The minimum atomic E-state index is -2.81. The lowest BCUT2D eigenvalue weighted by Crippen LogP contribution is -2.68. The number of alkyl carbamates (subject to hydrolysis) is 2. The number of ether oxygens (including phenoxy) is 4. The van der Waals surface area contributed by atoms with Crippen molar-refractivity contribution in [1.29, 1.82) is 0 Å². The van der Waals surface area contributed by atoms with Crippen LogP contribution in [0.5, 0.6) is 5.88 Å². The third-order valence-corrected chi connectivity index (χ3v) is 13.6. The highest BCUT2D eigenvalue weighted by Crippen LogP contribution is 2.57. The summed E-state index contributed by atoms with van der Waals surface area (Å²) in [7, 11) is 1.84. The van der Waals surface area contributed by atoms with Crippen LogP contribution < -0.4 is 30.7 Å². The number of halogens is 4. The van der Waals surface area contributed by atoms with Crippen molar-refractivity contribution in [3.63, 3.8) is 0 Å². The minimum absolute atomic E-state index is 0.0939. The molecule has 7 aromatic rings. The first kappa shape index (κ1) is 45.9. The second kappa shape index (κ2) is 17.7. The second-order valence-electron chi connectivity index (χ2n) is 19.0. The van der Waals surface area contributed by atoms with Gasteiger partial charge in [0, 0.05) is 43.0 Å². The fourth-order valence-electron chi connectivity index (χ4n) is 10.2. The van der Waals surface area contributed by atoms with E-state index in [-0.39, 0.29) is 59.3 Å².